The van der Waals surface area contributed by atoms with Crippen molar-refractivity contribution in [1.29, 1.82) is 5.26 Å². The van der Waals surface area contributed by atoms with Crippen molar-refractivity contribution in [2.24, 2.45) is 0 Å². The lowest BCUT2D eigenvalue weighted by molar-refractivity contribution is -0.384. The van der Waals surface area contributed by atoms with Crippen molar-refractivity contribution in [2.75, 3.05) is 9.80 Å². The Bertz CT molecular complexity index is 1990. The molecule has 0 saturated heterocycles. The third-order valence-corrected chi connectivity index (χ3v) is 8.55. The highest BCUT2D eigenvalue weighted by Gasteiger charge is 2.62. The summed E-state index contributed by atoms with van der Waals surface area (Å²) < 4.78 is 16.6. The molecule has 7 rings (SSSR count). The Morgan fingerprint density at radius 3 is 2.45 bits per heavy atom. The van der Waals surface area contributed by atoms with E-state index in [9.17, 15) is 24.6 Å². The third-order valence-electron chi connectivity index (χ3n) is 8.55. The average Bonchev–Trinajstić information content (AvgIpc) is 3.65. The van der Waals surface area contributed by atoms with E-state index in [1.807, 2.05) is 0 Å². The van der Waals surface area contributed by atoms with Crippen LogP contribution in [0.15, 0.2) is 114 Å². The molecular formula is C34H24FN5O4. The Kier molecular flexibility index (Phi) is 6.25. The Balaban J connectivity index is 1.57. The molecule has 216 valence electrons. The molecule has 1 aliphatic carbocycles. The van der Waals surface area contributed by atoms with Crippen LogP contribution in [-0.2, 0) is 21.5 Å². The first-order valence-electron chi connectivity index (χ1n) is 14.1. The molecule has 1 spiro atoms. The van der Waals surface area contributed by atoms with Gasteiger partial charge in [-0.05, 0) is 43.2 Å². The van der Waals surface area contributed by atoms with Crippen LogP contribution in [0.25, 0.3) is 5.82 Å². The lowest BCUT2D eigenvalue weighted by atomic mass is 9.63. The number of aromatic nitrogens is 1. The maximum Gasteiger partial charge on any atom is 0.271 e. The minimum atomic E-state index is -1.81. The summed E-state index contributed by atoms with van der Waals surface area (Å²) in [5, 5.41) is 22.8. The number of nitro benzene ring substituents is 1. The molecule has 9 nitrogen and oxygen atoms in total. The van der Waals surface area contributed by atoms with E-state index in [0.717, 1.165) is 0 Å². The number of para-hydroxylation sites is 1. The molecule has 3 aromatic carbocycles. The normalized spacial score (nSPS) is 19.4. The fourth-order valence-electron chi connectivity index (χ4n) is 6.78. The number of carbonyl (C=O) groups excluding carboxylic acids is 2. The molecule has 3 aliphatic rings. The highest BCUT2D eigenvalue weighted by atomic mass is 19.1. The van der Waals surface area contributed by atoms with E-state index >= 15 is 4.79 Å². The van der Waals surface area contributed by atoms with E-state index in [4.69, 9.17) is 0 Å². The number of nitrogens with zero attached hydrogens (tertiary/aromatic N) is 5. The molecule has 2 aliphatic heterocycles. The SMILES string of the molecule is N#CC1=C(n2cccc2)N(c2cccc([N+](=O)[O-])c2)C2=C(C(=O)CCC2)C12C(=O)N(Cc1ccccc1F)c1ccccc12. The van der Waals surface area contributed by atoms with E-state index in [2.05, 4.69) is 6.07 Å². The second kappa shape index (κ2) is 10.2. The molecule has 1 amide bonds. The van der Waals surface area contributed by atoms with Gasteiger partial charge in [0.15, 0.2) is 5.78 Å². The molecule has 1 atom stereocenters. The van der Waals surface area contributed by atoms with Crippen molar-refractivity contribution in [3.63, 3.8) is 0 Å². The fraction of sp³-hybridized carbons (Fsp3) is 0.147. The maximum absolute atomic E-state index is 15.0. The Labute approximate surface area is 251 Å². The van der Waals surface area contributed by atoms with Gasteiger partial charge in [-0.2, -0.15) is 5.26 Å². The van der Waals surface area contributed by atoms with Gasteiger partial charge < -0.3 is 9.47 Å². The van der Waals surface area contributed by atoms with Gasteiger partial charge in [-0.15, -0.1) is 0 Å². The quantitative estimate of drug-likeness (QED) is 0.202. The van der Waals surface area contributed by atoms with Crippen molar-refractivity contribution < 1.29 is 18.9 Å². The molecule has 4 aromatic rings. The lowest BCUT2D eigenvalue weighted by Crippen LogP contribution is -2.51. The summed E-state index contributed by atoms with van der Waals surface area (Å²) >= 11 is 0. The summed E-state index contributed by atoms with van der Waals surface area (Å²) in [5.74, 6) is -0.985. The number of halogens is 1. The summed E-state index contributed by atoms with van der Waals surface area (Å²) in [6.45, 7) is -0.104. The summed E-state index contributed by atoms with van der Waals surface area (Å²) in [4.78, 5) is 43.6. The molecule has 44 heavy (non-hydrogen) atoms. The minimum absolute atomic E-state index is 0.00249. The predicted molar refractivity (Wildman–Crippen MR) is 160 cm³/mol. The van der Waals surface area contributed by atoms with Crippen molar-refractivity contribution in [1.82, 2.24) is 4.57 Å². The first kappa shape index (κ1) is 27.0. The van der Waals surface area contributed by atoms with Gasteiger partial charge in [0.25, 0.3) is 5.69 Å². The molecule has 0 fully saturated rings. The van der Waals surface area contributed by atoms with Crippen LogP contribution in [0.4, 0.5) is 21.5 Å². The van der Waals surface area contributed by atoms with E-state index in [1.54, 1.807) is 88.6 Å². The number of ketones is 1. The zero-order chi connectivity index (χ0) is 30.6. The largest absolute Gasteiger partial charge is 0.309 e. The molecule has 3 heterocycles. The highest BCUT2D eigenvalue weighted by molar-refractivity contribution is 6.22. The fourth-order valence-corrected chi connectivity index (χ4v) is 6.78. The number of carbonyl (C=O) groups is 2. The summed E-state index contributed by atoms with van der Waals surface area (Å²) in [6.07, 6.45) is 4.50. The van der Waals surface area contributed by atoms with Crippen LogP contribution in [0.5, 0.6) is 0 Å². The lowest BCUT2D eigenvalue weighted by Gasteiger charge is -2.45. The van der Waals surface area contributed by atoms with Gasteiger partial charge in [-0.3, -0.25) is 24.6 Å². The maximum atomic E-state index is 15.0. The van der Waals surface area contributed by atoms with Crippen LogP contribution < -0.4 is 9.80 Å². The first-order chi connectivity index (χ1) is 21.4. The van der Waals surface area contributed by atoms with Crippen molar-refractivity contribution in [3.05, 3.63) is 141 Å². The second-order valence-electron chi connectivity index (χ2n) is 10.9. The number of nitro groups is 1. The molecular weight excluding hydrogens is 561 g/mol. The second-order valence-corrected chi connectivity index (χ2v) is 10.9. The van der Waals surface area contributed by atoms with Crippen molar-refractivity contribution in [3.8, 4) is 6.07 Å². The van der Waals surface area contributed by atoms with E-state index in [-0.39, 0.29) is 35.6 Å². The van der Waals surface area contributed by atoms with Crippen molar-refractivity contribution in [2.45, 2.75) is 31.2 Å². The number of benzene rings is 3. The number of rotatable bonds is 5. The van der Waals surface area contributed by atoms with Crippen LogP contribution in [-0.4, -0.2) is 21.2 Å². The van der Waals surface area contributed by atoms with E-state index in [1.165, 1.54) is 23.1 Å². The zero-order valence-electron chi connectivity index (χ0n) is 23.3. The van der Waals surface area contributed by atoms with Gasteiger partial charge in [0.2, 0.25) is 5.91 Å². The summed E-state index contributed by atoms with van der Waals surface area (Å²) in [6, 6.07) is 25.0. The summed E-state index contributed by atoms with van der Waals surface area (Å²) in [5.41, 5.74) is 0.335. The number of hydrogen-bond donors (Lipinski definition) is 0. The molecule has 1 aromatic heterocycles. The Morgan fingerprint density at radius 2 is 1.70 bits per heavy atom. The van der Waals surface area contributed by atoms with Crippen molar-refractivity contribution >= 4 is 34.6 Å². The number of non-ortho nitro benzene ring substituents is 1. The monoisotopic (exact) mass is 585 g/mol. The van der Waals surface area contributed by atoms with Crippen LogP contribution in [0.1, 0.15) is 30.4 Å². The molecule has 0 bridgehead atoms. The van der Waals surface area contributed by atoms with Gasteiger partial charge in [0, 0.05) is 59.0 Å². The number of nitriles is 1. The van der Waals surface area contributed by atoms with Gasteiger partial charge in [-0.25, -0.2) is 4.39 Å². The smallest absolute Gasteiger partial charge is 0.271 e. The van der Waals surface area contributed by atoms with Gasteiger partial charge in [0.1, 0.15) is 23.1 Å². The predicted octanol–water partition coefficient (Wildman–Crippen LogP) is 6.24. The number of Topliss-reactive ketones (excluding diaryl/α,β-unsaturated/α-hetero) is 1. The number of allylic oxidation sites excluding steroid dienone is 1. The molecule has 1 unspecified atom stereocenters. The minimum Gasteiger partial charge on any atom is -0.309 e. The first-order valence-corrected chi connectivity index (χ1v) is 14.1. The Morgan fingerprint density at radius 1 is 0.955 bits per heavy atom. The van der Waals surface area contributed by atoms with Crippen LogP contribution in [0, 0.1) is 27.3 Å². The molecule has 0 N–H and O–H groups in total. The molecule has 0 radical (unpaired) electrons. The number of amides is 1. The zero-order valence-corrected chi connectivity index (χ0v) is 23.3. The highest BCUT2D eigenvalue weighted by Crippen LogP contribution is 2.58. The van der Waals surface area contributed by atoms with E-state index < -0.39 is 22.1 Å². The van der Waals surface area contributed by atoms with Crippen LogP contribution in [0.3, 0.4) is 0 Å². The topological polar surface area (TPSA) is 112 Å². The number of hydrogen-bond acceptors (Lipinski definition) is 6. The van der Waals surface area contributed by atoms with Gasteiger partial charge >= 0.3 is 0 Å². The standard InChI is InChI=1S/C34H24FN5O4/c35-27-13-3-1-9-22(27)21-38-28-14-4-2-12-25(28)34(33(38)42)26(20-36)32(37-17-5-6-18-37)39(29-15-8-16-30(41)31(29)34)23-10-7-11-24(19-23)40(43)44/h1-7,9-14,17-19H,8,15-16,21H2. The third kappa shape index (κ3) is 3.76. The molecule has 10 heteroatoms. The van der Waals surface area contributed by atoms with E-state index in [0.29, 0.717) is 46.9 Å². The Hall–Kier alpha value is -5.82. The van der Waals surface area contributed by atoms with Crippen LogP contribution >= 0.6 is 0 Å². The summed E-state index contributed by atoms with van der Waals surface area (Å²) in [7, 11) is 0. The average molecular weight is 586 g/mol. The number of anilines is 2. The molecule has 0 saturated carbocycles. The van der Waals surface area contributed by atoms with Crippen LogP contribution in [0.2, 0.25) is 0 Å². The van der Waals surface area contributed by atoms with Gasteiger partial charge in [0.05, 0.1) is 22.7 Å². The van der Waals surface area contributed by atoms with Gasteiger partial charge in [-0.1, -0.05) is 42.5 Å². The number of fused-ring (bicyclic) bond motifs is 3.